The minimum Gasteiger partial charge on any atom is -0.452 e. The van der Waals surface area contributed by atoms with Crippen molar-refractivity contribution in [3.05, 3.63) is 60.2 Å². The van der Waals surface area contributed by atoms with Gasteiger partial charge in [-0.15, -0.1) is 0 Å². The van der Waals surface area contributed by atoms with Crippen molar-refractivity contribution >= 4 is 29.3 Å². The van der Waals surface area contributed by atoms with Crippen molar-refractivity contribution < 1.29 is 19.1 Å². The molecular formula is C23H24N4O4. The quantitative estimate of drug-likeness (QED) is 0.721. The Bertz CT molecular complexity index is 979. The van der Waals surface area contributed by atoms with Gasteiger partial charge in [0, 0.05) is 24.5 Å². The maximum Gasteiger partial charge on any atom is 0.321 e. The zero-order chi connectivity index (χ0) is 22.2. The molecule has 1 fully saturated rings. The lowest BCUT2D eigenvalue weighted by Gasteiger charge is -2.31. The molecule has 1 aliphatic rings. The highest BCUT2D eigenvalue weighted by atomic mass is 16.5. The van der Waals surface area contributed by atoms with E-state index in [0.29, 0.717) is 42.9 Å². The number of benzene rings is 2. The number of carbonyl (C=O) groups excluding carboxylic acids is 3. The normalized spacial score (nSPS) is 14.8. The molecule has 0 saturated carbocycles. The average Bonchev–Trinajstić information content (AvgIpc) is 2.79. The standard InChI is InChI=1S/C23H24N4O4/c1-16(21(28)25-20-9-5-6-17(14-20)15-24)31-22(29)18-10-12-27(13-11-18)23(30)26-19-7-3-2-4-8-19/h2-9,14,16,18H,10-13H2,1H3,(H,25,28)(H,26,30)/t16-/m1/s1. The first-order valence-corrected chi connectivity index (χ1v) is 10.1. The number of amides is 3. The van der Waals surface area contributed by atoms with Gasteiger partial charge in [0.25, 0.3) is 5.91 Å². The smallest absolute Gasteiger partial charge is 0.321 e. The van der Waals surface area contributed by atoms with E-state index in [1.807, 2.05) is 36.4 Å². The minimum atomic E-state index is -0.974. The van der Waals surface area contributed by atoms with Crippen LogP contribution in [0.15, 0.2) is 54.6 Å². The van der Waals surface area contributed by atoms with E-state index in [4.69, 9.17) is 10.00 Å². The van der Waals surface area contributed by atoms with Gasteiger partial charge in [0.15, 0.2) is 6.10 Å². The van der Waals surface area contributed by atoms with Crippen LogP contribution in [0, 0.1) is 17.2 Å². The monoisotopic (exact) mass is 420 g/mol. The lowest BCUT2D eigenvalue weighted by Crippen LogP contribution is -2.43. The molecule has 8 heteroatoms. The van der Waals surface area contributed by atoms with E-state index in [2.05, 4.69) is 10.6 Å². The third-order valence-corrected chi connectivity index (χ3v) is 5.06. The van der Waals surface area contributed by atoms with E-state index >= 15 is 0 Å². The number of hydrogen-bond acceptors (Lipinski definition) is 5. The van der Waals surface area contributed by atoms with Crippen LogP contribution in [-0.4, -0.2) is 42.0 Å². The fraction of sp³-hybridized carbons (Fsp3) is 0.304. The predicted molar refractivity (Wildman–Crippen MR) is 115 cm³/mol. The molecule has 0 radical (unpaired) electrons. The summed E-state index contributed by atoms with van der Waals surface area (Å²) in [5.74, 6) is -1.28. The molecule has 160 valence electrons. The van der Waals surface area contributed by atoms with Gasteiger partial charge in [0.05, 0.1) is 17.6 Å². The zero-order valence-electron chi connectivity index (χ0n) is 17.2. The van der Waals surface area contributed by atoms with Gasteiger partial charge in [-0.1, -0.05) is 24.3 Å². The molecule has 31 heavy (non-hydrogen) atoms. The van der Waals surface area contributed by atoms with E-state index in [1.165, 1.54) is 6.92 Å². The van der Waals surface area contributed by atoms with Gasteiger partial charge in [0.1, 0.15) is 0 Å². The van der Waals surface area contributed by atoms with E-state index in [-0.39, 0.29) is 11.9 Å². The Kier molecular flexibility index (Phi) is 7.22. The number of hydrogen-bond donors (Lipinski definition) is 2. The lowest BCUT2D eigenvalue weighted by atomic mass is 9.97. The van der Waals surface area contributed by atoms with Crippen LogP contribution in [0.25, 0.3) is 0 Å². The number of nitriles is 1. The fourth-order valence-corrected chi connectivity index (χ4v) is 3.28. The van der Waals surface area contributed by atoms with Gasteiger partial charge in [0.2, 0.25) is 0 Å². The van der Waals surface area contributed by atoms with Gasteiger partial charge in [-0.2, -0.15) is 5.26 Å². The summed E-state index contributed by atoms with van der Waals surface area (Å²) in [6, 6.07) is 17.5. The molecule has 0 unspecified atom stereocenters. The maximum absolute atomic E-state index is 12.5. The number of urea groups is 1. The molecule has 3 amide bonds. The number of piperidine rings is 1. The van der Waals surface area contributed by atoms with Crippen molar-refractivity contribution in [2.75, 3.05) is 23.7 Å². The first-order valence-electron chi connectivity index (χ1n) is 10.1. The second kappa shape index (κ2) is 10.3. The molecule has 0 aliphatic carbocycles. The van der Waals surface area contributed by atoms with Gasteiger partial charge in [-0.05, 0) is 50.1 Å². The Morgan fingerprint density at radius 3 is 2.39 bits per heavy atom. The van der Waals surface area contributed by atoms with Crippen LogP contribution >= 0.6 is 0 Å². The summed E-state index contributed by atoms with van der Waals surface area (Å²) < 4.78 is 5.34. The third-order valence-electron chi connectivity index (χ3n) is 5.06. The maximum atomic E-state index is 12.5. The second-order valence-corrected chi connectivity index (χ2v) is 7.32. The van der Waals surface area contributed by atoms with Crippen LogP contribution in [0.3, 0.4) is 0 Å². The second-order valence-electron chi connectivity index (χ2n) is 7.32. The van der Waals surface area contributed by atoms with Gasteiger partial charge >= 0.3 is 12.0 Å². The highest BCUT2D eigenvalue weighted by molar-refractivity contribution is 5.95. The molecule has 2 aromatic carbocycles. The average molecular weight is 420 g/mol. The lowest BCUT2D eigenvalue weighted by molar-refractivity contribution is -0.158. The summed E-state index contributed by atoms with van der Waals surface area (Å²) in [5.41, 5.74) is 1.60. The predicted octanol–water partition coefficient (Wildman–Crippen LogP) is 3.37. The number of esters is 1. The van der Waals surface area contributed by atoms with Crippen LogP contribution in [0.4, 0.5) is 16.2 Å². The first kappa shape index (κ1) is 21.8. The number of nitrogens with one attached hydrogen (secondary N) is 2. The van der Waals surface area contributed by atoms with Crippen LogP contribution in [0.5, 0.6) is 0 Å². The Morgan fingerprint density at radius 2 is 1.71 bits per heavy atom. The number of para-hydroxylation sites is 1. The Labute approximate surface area is 180 Å². The summed E-state index contributed by atoms with van der Waals surface area (Å²) in [6.45, 7) is 2.36. The Balaban J connectivity index is 1.45. The molecule has 2 aromatic rings. The Morgan fingerprint density at radius 1 is 1.03 bits per heavy atom. The van der Waals surface area contributed by atoms with Crippen molar-refractivity contribution in [2.45, 2.75) is 25.9 Å². The molecule has 0 bridgehead atoms. The van der Waals surface area contributed by atoms with Crippen molar-refractivity contribution in [2.24, 2.45) is 5.92 Å². The number of carbonyl (C=O) groups is 3. The first-order chi connectivity index (χ1) is 15.0. The van der Waals surface area contributed by atoms with Gasteiger partial charge in [-0.25, -0.2) is 4.79 Å². The molecule has 1 heterocycles. The van der Waals surface area contributed by atoms with E-state index < -0.39 is 18.0 Å². The van der Waals surface area contributed by atoms with E-state index in [0.717, 1.165) is 0 Å². The van der Waals surface area contributed by atoms with Crippen LogP contribution in [-0.2, 0) is 14.3 Å². The largest absolute Gasteiger partial charge is 0.452 e. The number of anilines is 2. The molecule has 2 N–H and O–H groups in total. The SMILES string of the molecule is C[C@@H](OC(=O)C1CCN(C(=O)Nc2ccccc2)CC1)C(=O)Nc1cccc(C#N)c1. The number of likely N-dealkylation sites (tertiary alicyclic amines) is 1. The topological polar surface area (TPSA) is 112 Å². The third kappa shape index (κ3) is 6.06. The van der Waals surface area contributed by atoms with E-state index in [9.17, 15) is 14.4 Å². The van der Waals surface area contributed by atoms with Crippen molar-refractivity contribution in [1.29, 1.82) is 5.26 Å². The minimum absolute atomic E-state index is 0.203. The Hall–Kier alpha value is -3.86. The molecule has 1 atom stereocenters. The number of nitrogens with zero attached hydrogens (tertiary/aromatic N) is 2. The van der Waals surface area contributed by atoms with Crippen LogP contribution in [0.2, 0.25) is 0 Å². The fourth-order valence-electron chi connectivity index (χ4n) is 3.28. The molecular weight excluding hydrogens is 396 g/mol. The highest BCUT2D eigenvalue weighted by Gasteiger charge is 2.30. The van der Waals surface area contributed by atoms with Crippen molar-refractivity contribution in [1.82, 2.24) is 4.90 Å². The summed E-state index contributed by atoms with van der Waals surface area (Å²) in [7, 11) is 0. The molecule has 1 saturated heterocycles. The molecule has 1 aliphatic heterocycles. The summed E-state index contributed by atoms with van der Waals surface area (Å²) in [4.78, 5) is 38.8. The molecule has 8 nitrogen and oxygen atoms in total. The van der Waals surface area contributed by atoms with E-state index in [1.54, 1.807) is 29.2 Å². The van der Waals surface area contributed by atoms with Crippen LogP contribution < -0.4 is 10.6 Å². The van der Waals surface area contributed by atoms with Gasteiger partial charge < -0.3 is 20.3 Å². The molecule has 0 aromatic heterocycles. The molecule has 0 spiro atoms. The summed E-state index contributed by atoms with van der Waals surface area (Å²) in [6.07, 6.45) is -0.0308. The zero-order valence-corrected chi connectivity index (χ0v) is 17.2. The summed E-state index contributed by atoms with van der Waals surface area (Å²) in [5, 5.41) is 14.4. The number of ether oxygens (including phenoxy) is 1. The number of rotatable bonds is 5. The van der Waals surface area contributed by atoms with Crippen LogP contribution in [0.1, 0.15) is 25.3 Å². The van der Waals surface area contributed by atoms with Crippen molar-refractivity contribution in [3.8, 4) is 6.07 Å². The highest BCUT2D eigenvalue weighted by Crippen LogP contribution is 2.21. The molecule has 3 rings (SSSR count). The summed E-state index contributed by atoms with van der Waals surface area (Å²) >= 11 is 0. The van der Waals surface area contributed by atoms with Gasteiger partial charge in [-0.3, -0.25) is 9.59 Å². The van der Waals surface area contributed by atoms with Crippen molar-refractivity contribution in [3.63, 3.8) is 0 Å².